The zero-order valence-electron chi connectivity index (χ0n) is 19.4. The largest absolute Gasteiger partial charge is 0.493 e. The van der Waals surface area contributed by atoms with Crippen LogP contribution in [0, 0.1) is 23.7 Å². The van der Waals surface area contributed by atoms with Gasteiger partial charge in [0.1, 0.15) is 11.5 Å². The molecule has 4 N–H and O–H groups in total. The van der Waals surface area contributed by atoms with Gasteiger partial charge in [0.15, 0.2) is 5.12 Å². The molecule has 3 unspecified atom stereocenters. The van der Waals surface area contributed by atoms with Gasteiger partial charge in [0, 0.05) is 36.1 Å². The van der Waals surface area contributed by atoms with E-state index in [-0.39, 0.29) is 34.6 Å². The third-order valence-electron chi connectivity index (χ3n) is 7.04. The molecule has 1 aromatic heterocycles. The number of hydrogen-bond acceptors (Lipinski definition) is 7. The number of aryl methyl sites for hydroxylation is 1. The van der Waals surface area contributed by atoms with Gasteiger partial charge in [0.05, 0.1) is 12.4 Å². The summed E-state index contributed by atoms with van der Waals surface area (Å²) in [5.74, 6) is 1.80. The van der Waals surface area contributed by atoms with Crippen molar-refractivity contribution < 1.29 is 14.3 Å². The highest BCUT2D eigenvalue weighted by molar-refractivity contribution is 8.14. The smallest absolute Gasteiger partial charge is 0.193 e. The van der Waals surface area contributed by atoms with Crippen molar-refractivity contribution in [3.8, 4) is 16.9 Å². The van der Waals surface area contributed by atoms with Gasteiger partial charge >= 0.3 is 0 Å². The van der Waals surface area contributed by atoms with Crippen LogP contribution in [0.5, 0.6) is 5.75 Å². The molecule has 2 fully saturated rings. The van der Waals surface area contributed by atoms with E-state index in [0.29, 0.717) is 30.2 Å². The van der Waals surface area contributed by atoms with Crippen LogP contribution < -0.4 is 16.2 Å². The number of carbonyl (C=O) groups excluding carboxylic acids is 2. The molecule has 4 atom stereocenters. The summed E-state index contributed by atoms with van der Waals surface area (Å²) < 4.78 is 6.23. The monoisotopic (exact) mass is 487 g/mol. The molecule has 5 rings (SSSR count). The van der Waals surface area contributed by atoms with Gasteiger partial charge in [-0.05, 0) is 83.7 Å². The van der Waals surface area contributed by atoms with Crippen LogP contribution in [0.25, 0.3) is 11.1 Å². The van der Waals surface area contributed by atoms with Crippen molar-refractivity contribution in [3.05, 3.63) is 72.6 Å². The van der Waals surface area contributed by atoms with E-state index in [2.05, 4.69) is 11.1 Å². The van der Waals surface area contributed by atoms with Gasteiger partial charge in [-0.3, -0.25) is 14.6 Å². The summed E-state index contributed by atoms with van der Waals surface area (Å²) in [6.07, 6.45) is 5.91. The van der Waals surface area contributed by atoms with E-state index in [0.717, 1.165) is 29.7 Å². The molecule has 0 spiro atoms. The molecule has 180 valence electrons. The molecular weight excluding hydrogens is 458 g/mol. The van der Waals surface area contributed by atoms with Crippen molar-refractivity contribution in [3.63, 3.8) is 0 Å². The highest BCUT2D eigenvalue weighted by atomic mass is 32.2. The Labute approximate surface area is 209 Å². The first-order valence-corrected chi connectivity index (χ1v) is 12.9. The number of Topliss-reactive ketones (excluding diaryl/α,β-unsaturated/α-hetero) is 1. The second-order valence-corrected chi connectivity index (χ2v) is 10.5. The molecule has 2 aliphatic rings. The Morgan fingerprint density at radius 2 is 1.80 bits per heavy atom. The zero-order valence-corrected chi connectivity index (χ0v) is 20.2. The van der Waals surface area contributed by atoms with E-state index in [9.17, 15) is 9.59 Å². The minimum Gasteiger partial charge on any atom is -0.493 e. The number of aromatic nitrogens is 1. The molecule has 2 aromatic carbocycles. The Hall–Kier alpha value is -3.32. The number of anilines is 2. The van der Waals surface area contributed by atoms with E-state index in [1.807, 2.05) is 48.7 Å². The number of fused-ring (bicyclic) bond motifs is 1. The first kappa shape index (κ1) is 23.4. The maximum Gasteiger partial charge on any atom is 0.193 e. The van der Waals surface area contributed by atoms with E-state index in [1.165, 1.54) is 17.3 Å². The first-order chi connectivity index (χ1) is 17.0. The molecule has 7 heteroatoms. The van der Waals surface area contributed by atoms with Crippen LogP contribution in [0.15, 0.2) is 67.0 Å². The van der Waals surface area contributed by atoms with Crippen molar-refractivity contribution >= 4 is 34.0 Å². The molecule has 6 nitrogen and oxygen atoms in total. The van der Waals surface area contributed by atoms with Crippen molar-refractivity contribution in [1.82, 2.24) is 4.98 Å². The van der Waals surface area contributed by atoms with Crippen molar-refractivity contribution in [2.24, 2.45) is 23.7 Å². The first-order valence-electron chi connectivity index (χ1n) is 11.9. The predicted molar refractivity (Wildman–Crippen MR) is 140 cm³/mol. The fourth-order valence-electron chi connectivity index (χ4n) is 5.28. The Bertz CT molecular complexity index is 1200. The summed E-state index contributed by atoms with van der Waals surface area (Å²) in [5, 5.41) is 0.169. The predicted octanol–water partition coefficient (Wildman–Crippen LogP) is 4.64. The van der Waals surface area contributed by atoms with Crippen LogP contribution in [0.1, 0.15) is 18.4 Å². The van der Waals surface area contributed by atoms with Gasteiger partial charge in [-0.15, -0.1) is 0 Å². The highest BCUT2D eigenvalue weighted by Crippen LogP contribution is 2.57. The molecule has 35 heavy (non-hydrogen) atoms. The molecule has 1 saturated carbocycles. The van der Waals surface area contributed by atoms with Gasteiger partial charge in [-0.25, -0.2) is 0 Å². The van der Waals surface area contributed by atoms with Gasteiger partial charge in [-0.2, -0.15) is 0 Å². The van der Waals surface area contributed by atoms with Crippen LogP contribution in [0.2, 0.25) is 0 Å². The molecule has 2 heterocycles. The van der Waals surface area contributed by atoms with Gasteiger partial charge in [0.25, 0.3) is 0 Å². The van der Waals surface area contributed by atoms with Crippen LogP contribution in [-0.2, 0) is 16.0 Å². The summed E-state index contributed by atoms with van der Waals surface area (Å²) in [6.45, 7) is 0.509. The summed E-state index contributed by atoms with van der Waals surface area (Å²) in [5.41, 5.74) is 16.3. The van der Waals surface area contributed by atoms with E-state index >= 15 is 0 Å². The second-order valence-electron chi connectivity index (χ2n) is 9.50. The van der Waals surface area contributed by atoms with Crippen molar-refractivity contribution in [1.29, 1.82) is 0 Å². The molecule has 1 aliphatic heterocycles. The summed E-state index contributed by atoms with van der Waals surface area (Å²) in [6, 6.07) is 17.4. The van der Waals surface area contributed by atoms with Crippen molar-refractivity contribution in [2.75, 3.05) is 23.8 Å². The van der Waals surface area contributed by atoms with E-state index < -0.39 is 0 Å². The maximum absolute atomic E-state index is 12.6. The third-order valence-corrected chi connectivity index (χ3v) is 8.06. The Morgan fingerprint density at radius 1 is 1.03 bits per heavy atom. The molecule has 0 amide bonds. The maximum atomic E-state index is 12.6. The summed E-state index contributed by atoms with van der Waals surface area (Å²) >= 11 is 1.19. The standard InChI is InChI=1S/C28H29N3O3S/c29-21-10-20(11-22(30)12-21)18-5-7-24(8-6-18)34-15-19(4-3-17-2-1-9-31-14-17)26-25-13-23(32)16-35-28(33)27(25)26/h1-2,5-12,14,19,25-27H,3-4,13,15-16,29-30H2/t19-,25?,26?,27?/m1/s1. The number of ether oxygens (including phenoxy) is 1. The van der Waals surface area contributed by atoms with E-state index in [1.54, 1.807) is 12.3 Å². The minimum absolute atomic E-state index is 0.0228. The number of pyridine rings is 1. The average molecular weight is 488 g/mol. The number of benzene rings is 2. The quantitative estimate of drug-likeness (QED) is 0.446. The number of hydrogen-bond donors (Lipinski definition) is 2. The number of rotatable bonds is 8. The fourth-order valence-corrected chi connectivity index (χ4v) is 6.23. The molecular formula is C28H29N3O3S. The lowest BCUT2D eigenvalue weighted by Gasteiger charge is -2.19. The van der Waals surface area contributed by atoms with E-state index in [4.69, 9.17) is 16.2 Å². The Balaban J connectivity index is 1.28. The number of nitrogens with two attached hydrogens (primary N) is 2. The van der Waals surface area contributed by atoms with Crippen LogP contribution in [0.3, 0.4) is 0 Å². The second kappa shape index (κ2) is 10.1. The Morgan fingerprint density at radius 3 is 2.51 bits per heavy atom. The number of carbonyl (C=O) groups is 2. The van der Waals surface area contributed by atoms with Gasteiger partial charge in [-0.1, -0.05) is 30.0 Å². The SMILES string of the molecule is Nc1cc(N)cc(-c2ccc(OC[C@@H](CCc3cccnc3)C3C4CC(=O)CSC(=O)C43)cc2)c1. The third kappa shape index (κ3) is 5.51. The average Bonchev–Trinajstić information content (AvgIpc) is 3.58. The molecule has 3 aromatic rings. The number of nitrogens with zero attached hydrogens (tertiary/aromatic N) is 1. The van der Waals surface area contributed by atoms with Crippen LogP contribution in [-0.4, -0.2) is 28.2 Å². The lowest BCUT2D eigenvalue weighted by Crippen LogP contribution is -2.19. The van der Waals surface area contributed by atoms with Gasteiger partial charge in [0.2, 0.25) is 0 Å². The normalized spacial score (nSPS) is 22.2. The number of thioether (sulfide) groups is 1. The lowest BCUT2D eigenvalue weighted by atomic mass is 9.93. The van der Waals surface area contributed by atoms with Crippen LogP contribution in [0.4, 0.5) is 11.4 Å². The summed E-state index contributed by atoms with van der Waals surface area (Å²) in [7, 11) is 0. The number of nitrogen functional groups attached to an aromatic ring is 2. The molecule has 0 radical (unpaired) electrons. The zero-order chi connectivity index (χ0) is 24.4. The number of ketones is 1. The topological polar surface area (TPSA) is 108 Å². The minimum atomic E-state index is -0.0228. The summed E-state index contributed by atoms with van der Waals surface area (Å²) in [4.78, 5) is 29.0. The van der Waals surface area contributed by atoms with Crippen LogP contribution >= 0.6 is 11.8 Å². The molecule has 1 aliphatic carbocycles. The molecule has 1 saturated heterocycles. The lowest BCUT2D eigenvalue weighted by molar-refractivity contribution is -0.117. The van der Waals surface area contributed by atoms with Gasteiger partial charge < -0.3 is 16.2 Å². The molecule has 0 bridgehead atoms. The highest BCUT2D eigenvalue weighted by Gasteiger charge is 2.59. The fraction of sp³-hybridized carbons (Fsp3) is 0.321. The van der Waals surface area contributed by atoms with Crippen molar-refractivity contribution in [2.45, 2.75) is 19.3 Å². The Kier molecular flexibility index (Phi) is 6.77.